The Bertz CT molecular complexity index is 2460. The number of alkyl halides is 4. The van der Waals surface area contributed by atoms with E-state index in [0.717, 1.165) is 24.6 Å². The third-order valence-corrected chi connectivity index (χ3v) is 12.1. The number of aliphatic hydroxyl groups is 1. The molecule has 55 heavy (non-hydrogen) atoms. The topological polar surface area (TPSA) is 150 Å². The number of nitriles is 1. The highest BCUT2D eigenvalue weighted by molar-refractivity contribution is 7.23. The molecule has 4 aliphatic heterocycles. The normalized spacial score (nSPS) is 21.6. The van der Waals surface area contributed by atoms with Gasteiger partial charge >= 0.3 is 12.2 Å². The van der Waals surface area contributed by atoms with E-state index in [1.54, 1.807) is 15.6 Å². The first-order valence-corrected chi connectivity index (χ1v) is 18.4. The predicted molar refractivity (Wildman–Crippen MR) is 188 cm³/mol. The number of ether oxygens (including phenoxy) is 1. The van der Waals surface area contributed by atoms with Gasteiger partial charge in [-0.15, -0.1) is 11.3 Å². The maximum Gasteiger partial charge on any atom is 0.417 e. The lowest BCUT2D eigenvalue weighted by atomic mass is 9.92. The van der Waals surface area contributed by atoms with Gasteiger partial charge in [0.05, 0.1) is 46.3 Å². The van der Waals surface area contributed by atoms with Crippen LogP contribution in [0.5, 0.6) is 6.01 Å². The summed E-state index contributed by atoms with van der Waals surface area (Å²) in [4.78, 5) is 26.9. The minimum atomic E-state index is -5.15. The molecular weight excluding hydrogens is 753 g/mol. The molecular formula is C36H31F6N9O3S. The van der Waals surface area contributed by atoms with Crippen molar-refractivity contribution in [3.05, 3.63) is 58.4 Å². The molecule has 2 unspecified atom stereocenters. The van der Waals surface area contributed by atoms with Crippen molar-refractivity contribution in [1.82, 2.24) is 29.5 Å². The number of rotatable bonds is 6. The number of hydrogen-bond donors (Lipinski definition) is 2. The van der Waals surface area contributed by atoms with Gasteiger partial charge in [0.2, 0.25) is 0 Å². The summed E-state index contributed by atoms with van der Waals surface area (Å²) < 4.78 is 99.6. The zero-order valence-corrected chi connectivity index (χ0v) is 29.7. The molecule has 3 aromatic heterocycles. The first kappa shape index (κ1) is 35.5. The third kappa shape index (κ3) is 5.71. The van der Waals surface area contributed by atoms with Gasteiger partial charge in [-0.1, -0.05) is 6.07 Å². The number of nitrogens with zero attached hydrogens (tertiary/aromatic N) is 8. The molecule has 0 radical (unpaired) electrons. The fourth-order valence-electron chi connectivity index (χ4n) is 8.47. The van der Waals surface area contributed by atoms with E-state index in [2.05, 4.69) is 15.1 Å². The molecule has 9 rings (SSSR count). The molecule has 5 aromatic rings. The second-order valence-corrected chi connectivity index (χ2v) is 15.5. The van der Waals surface area contributed by atoms with Crippen molar-refractivity contribution < 1.29 is 41.0 Å². The van der Waals surface area contributed by atoms with Crippen LogP contribution in [0.25, 0.3) is 32.1 Å². The molecule has 4 aliphatic rings. The van der Waals surface area contributed by atoms with Gasteiger partial charge in [-0.05, 0) is 43.1 Å². The molecule has 12 nitrogen and oxygen atoms in total. The van der Waals surface area contributed by atoms with Crippen LogP contribution in [0.2, 0.25) is 0 Å². The summed E-state index contributed by atoms with van der Waals surface area (Å²) in [7, 11) is 0. The summed E-state index contributed by atoms with van der Waals surface area (Å²) >= 11 is 0.667. The van der Waals surface area contributed by atoms with E-state index in [1.165, 1.54) is 4.90 Å². The van der Waals surface area contributed by atoms with E-state index < -0.39 is 57.8 Å². The molecule has 3 fully saturated rings. The summed E-state index contributed by atoms with van der Waals surface area (Å²) in [5, 5.41) is 23.2. The third-order valence-electron chi connectivity index (χ3n) is 11.1. The van der Waals surface area contributed by atoms with Crippen molar-refractivity contribution in [2.75, 3.05) is 50.0 Å². The molecule has 19 heteroatoms. The Hall–Kier alpha value is -5.19. The maximum absolute atomic E-state index is 17.2. The number of anilines is 2. The van der Waals surface area contributed by atoms with Crippen molar-refractivity contribution in [2.45, 2.75) is 56.3 Å². The minimum Gasteiger partial charge on any atom is -0.461 e. The van der Waals surface area contributed by atoms with E-state index in [4.69, 9.17) is 10.5 Å². The summed E-state index contributed by atoms with van der Waals surface area (Å²) in [6.07, 6.45) is -5.18. The summed E-state index contributed by atoms with van der Waals surface area (Å²) in [6, 6.07) is 5.64. The zero-order chi connectivity index (χ0) is 38.6. The standard InChI is InChI=1S/C36H31F6N9O3S/c37-17-10-35(4-1-5-50(35)12-17)16-54-34-45-29-21(32(46-34)48-6-7-51-18(13-48)8-25(47-51)33(53)49-14-19(52)15-49)9-23(36(40,41)42)27(28(29)39)20-2-3-24(38)30-26(20)22(11-43)31(44)55-30/h2-3,8-9,17,19,52H,1,4-7,10,12-16,44H2. The van der Waals surface area contributed by atoms with Gasteiger partial charge in [0.15, 0.2) is 11.5 Å². The van der Waals surface area contributed by atoms with Gasteiger partial charge < -0.3 is 25.4 Å². The molecule has 286 valence electrons. The zero-order valence-electron chi connectivity index (χ0n) is 28.8. The molecule has 0 spiro atoms. The second-order valence-electron chi connectivity index (χ2n) is 14.5. The van der Waals surface area contributed by atoms with E-state index in [9.17, 15) is 23.9 Å². The lowest BCUT2D eigenvalue weighted by Crippen LogP contribution is -2.53. The van der Waals surface area contributed by atoms with Crippen molar-refractivity contribution in [2.24, 2.45) is 0 Å². The first-order valence-electron chi connectivity index (χ1n) is 17.6. The van der Waals surface area contributed by atoms with Gasteiger partial charge in [0, 0.05) is 48.9 Å². The highest BCUT2D eigenvalue weighted by Gasteiger charge is 2.49. The number of carbonyl (C=O) groups is 1. The van der Waals surface area contributed by atoms with Crippen LogP contribution >= 0.6 is 11.3 Å². The Morgan fingerprint density at radius 3 is 2.69 bits per heavy atom. The van der Waals surface area contributed by atoms with Crippen LogP contribution in [0.3, 0.4) is 0 Å². The number of likely N-dealkylation sites (tertiary alicyclic amines) is 1. The van der Waals surface area contributed by atoms with Crippen LogP contribution < -0.4 is 15.4 Å². The fourth-order valence-corrected chi connectivity index (χ4v) is 9.42. The average molecular weight is 784 g/mol. The molecule has 2 atom stereocenters. The Balaban J connectivity index is 1.20. The molecule has 7 heterocycles. The highest BCUT2D eigenvalue weighted by atomic mass is 32.1. The quantitative estimate of drug-likeness (QED) is 0.219. The van der Waals surface area contributed by atoms with Gasteiger partial charge in [-0.25, -0.2) is 13.2 Å². The second kappa shape index (κ2) is 12.7. The number of thiophene rings is 1. The monoisotopic (exact) mass is 783 g/mol. The van der Waals surface area contributed by atoms with Crippen LogP contribution in [0, 0.1) is 23.0 Å². The van der Waals surface area contributed by atoms with E-state index in [-0.39, 0.29) is 102 Å². The fraction of sp³-hybridized carbons (Fsp3) is 0.417. The number of aliphatic hydroxyl groups excluding tert-OH is 1. The van der Waals surface area contributed by atoms with Crippen LogP contribution in [-0.2, 0) is 19.3 Å². The van der Waals surface area contributed by atoms with Gasteiger partial charge in [-0.3, -0.25) is 14.4 Å². The average Bonchev–Trinajstić information content (AvgIpc) is 3.89. The number of amides is 1. The molecule has 2 aromatic carbocycles. The van der Waals surface area contributed by atoms with Gasteiger partial charge in [0.25, 0.3) is 5.91 Å². The van der Waals surface area contributed by atoms with Crippen molar-refractivity contribution in [3.63, 3.8) is 0 Å². The molecule has 3 saturated heterocycles. The summed E-state index contributed by atoms with van der Waals surface area (Å²) in [6.45, 7) is 1.54. The number of carbonyl (C=O) groups excluding carboxylic acids is 1. The Morgan fingerprint density at radius 2 is 1.95 bits per heavy atom. The number of halogens is 6. The number of hydrogen-bond acceptors (Lipinski definition) is 11. The van der Waals surface area contributed by atoms with Crippen LogP contribution in [0.1, 0.15) is 46.6 Å². The van der Waals surface area contributed by atoms with Crippen LogP contribution in [0.4, 0.5) is 37.2 Å². The summed E-state index contributed by atoms with van der Waals surface area (Å²) in [5.74, 6) is -2.71. The number of benzene rings is 2. The smallest absolute Gasteiger partial charge is 0.417 e. The van der Waals surface area contributed by atoms with Gasteiger partial charge in [-0.2, -0.15) is 33.5 Å². The van der Waals surface area contributed by atoms with Crippen molar-refractivity contribution in [1.29, 1.82) is 5.26 Å². The Morgan fingerprint density at radius 1 is 1.15 bits per heavy atom. The molecule has 0 saturated carbocycles. The first-order chi connectivity index (χ1) is 26.2. The van der Waals surface area contributed by atoms with E-state index >= 15 is 17.6 Å². The molecule has 1 amide bonds. The Kier molecular flexibility index (Phi) is 8.18. The number of fused-ring (bicyclic) bond motifs is 4. The molecule has 0 aliphatic carbocycles. The van der Waals surface area contributed by atoms with E-state index in [1.807, 2.05) is 11.0 Å². The maximum atomic E-state index is 17.2. The SMILES string of the molecule is N#Cc1c(N)sc2c(F)ccc(-c3c(C(F)(F)F)cc4c(N5CCn6nc(C(=O)N7CC(O)C7)cc6C5)nc(OCC56CCCN5CC(F)C6)nc4c3F)c12. The minimum absolute atomic E-state index is 0.0126. The number of nitrogen functional groups attached to an aromatic ring is 1. The Labute approximate surface area is 312 Å². The predicted octanol–water partition coefficient (Wildman–Crippen LogP) is 5.25. The largest absolute Gasteiger partial charge is 0.461 e. The molecule has 0 bridgehead atoms. The van der Waals surface area contributed by atoms with E-state index in [0.29, 0.717) is 30.0 Å². The van der Waals surface area contributed by atoms with Crippen LogP contribution in [0.15, 0.2) is 24.3 Å². The molecule has 3 N–H and O–H groups in total. The van der Waals surface area contributed by atoms with Crippen molar-refractivity contribution in [3.8, 4) is 23.2 Å². The number of aromatic nitrogens is 4. The lowest BCUT2D eigenvalue weighted by Gasteiger charge is -2.35. The lowest BCUT2D eigenvalue weighted by molar-refractivity contribution is -0.137. The number of β-amino-alcohol motifs (C(OH)–C–C–N with tert-alkyl or cyclic N) is 1. The van der Waals surface area contributed by atoms with Crippen LogP contribution in [-0.4, -0.2) is 97.7 Å². The number of nitrogens with two attached hydrogens (primary N) is 1. The van der Waals surface area contributed by atoms with Crippen molar-refractivity contribution >= 4 is 49.1 Å². The summed E-state index contributed by atoms with van der Waals surface area (Å²) in [5.41, 5.74) is 2.41. The van der Waals surface area contributed by atoms with Gasteiger partial charge in [0.1, 0.15) is 41.0 Å². The highest BCUT2D eigenvalue weighted by Crippen LogP contribution is 2.48.